The van der Waals surface area contributed by atoms with Crippen molar-refractivity contribution in [2.45, 2.75) is 38.9 Å². The molecule has 0 aliphatic heterocycles. The van der Waals surface area contributed by atoms with Crippen LogP contribution in [0.15, 0.2) is 109 Å². The van der Waals surface area contributed by atoms with Gasteiger partial charge in [-0.25, -0.2) is 20.4 Å². The van der Waals surface area contributed by atoms with Crippen molar-refractivity contribution in [3.8, 4) is 45.3 Å². The zero-order valence-corrected chi connectivity index (χ0v) is 22.7. The molecule has 4 aromatic carbocycles. The van der Waals surface area contributed by atoms with Crippen LogP contribution < -0.4 is 5.46 Å². The summed E-state index contributed by atoms with van der Waals surface area (Å²) >= 11 is 0. The molecule has 1 aromatic heterocycles. The average molecular weight is 512 g/mol. The molecule has 194 valence electrons. The zero-order chi connectivity index (χ0) is 27.5. The molecular formula is C33H31BN3O2-. The van der Waals surface area contributed by atoms with Gasteiger partial charge in [0.2, 0.25) is 0 Å². The Morgan fingerprint density at radius 3 is 1.51 bits per heavy atom. The fraction of sp³-hybridized carbons (Fsp3) is 0.182. The molecule has 0 aliphatic carbocycles. The lowest BCUT2D eigenvalue weighted by atomic mass is 9.81. The highest BCUT2D eigenvalue weighted by molar-refractivity contribution is 6.47. The Labute approximate surface area is 230 Å². The lowest BCUT2D eigenvalue weighted by Gasteiger charge is -2.45. The van der Waals surface area contributed by atoms with Crippen LogP contribution in [0.3, 0.4) is 0 Å². The first kappa shape index (κ1) is 26.5. The molecule has 39 heavy (non-hydrogen) atoms. The maximum absolute atomic E-state index is 10.4. The lowest BCUT2D eigenvalue weighted by Crippen LogP contribution is -2.49. The summed E-state index contributed by atoms with van der Waals surface area (Å²) in [5.74, 6) is 1.88. The molecule has 5 nitrogen and oxygen atoms in total. The summed E-state index contributed by atoms with van der Waals surface area (Å²) in [7, 11) is 1.70. The highest BCUT2D eigenvalue weighted by Crippen LogP contribution is 2.28. The molecule has 0 aliphatic rings. The van der Waals surface area contributed by atoms with E-state index < -0.39 is 11.2 Å². The van der Waals surface area contributed by atoms with Crippen molar-refractivity contribution < 1.29 is 9.76 Å². The SMILES string of the molecule is CC(C)(O)C(C)(C)O[B-]c1cccc(-c2cccc(-c3nc(-c4ccccc4)nc(-c4ccccc4)n3)c2)c1. The smallest absolute Gasteiger partial charge is 0.164 e. The molecule has 0 fully saturated rings. The van der Waals surface area contributed by atoms with Gasteiger partial charge in [-0.2, -0.15) is 0 Å². The maximum Gasteiger partial charge on any atom is 0.164 e. The van der Waals surface area contributed by atoms with E-state index in [1.807, 2.05) is 98.8 Å². The van der Waals surface area contributed by atoms with Crippen LogP contribution in [-0.4, -0.2) is 38.7 Å². The summed E-state index contributed by atoms with van der Waals surface area (Å²) in [6.45, 7) is 7.24. The average Bonchev–Trinajstić information content (AvgIpc) is 2.96. The predicted octanol–water partition coefficient (Wildman–Crippen LogP) is 6.35. The second-order valence-corrected chi connectivity index (χ2v) is 10.5. The van der Waals surface area contributed by atoms with Crippen molar-refractivity contribution in [3.05, 3.63) is 109 Å². The Morgan fingerprint density at radius 1 is 0.538 bits per heavy atom. The van der Waals surface area contributed by atoms with Crippen molar-refractivity contribution in [2.24, 2.45) is 0 Å². The van der Waals surface area contributed by atoms with E-state index in [1.165, 1.54) is 0 Å². The monoisotopic (exact) mass is 512 g/mol. The van der Waals surface area contributed by atoms with Crippen LogP contribution in [-0.2, 0) is 4.65 Å². The molecule has 0 spiro atoms. The number of benzene rings is 4. The predicted molar refractivity (Wildman–Crippen MR) is 158 cm³/mol. The Kier molecular flexibility index (Phi) is 7.42. The largest absolute Gasteiger partial charge is 0.649 e. The summed E-state index contributed by atoms with van der Waals surface area (Å²) in [5, 5.41) is 10.4. The third kappa shape index (κ3) is 6.14. The van der Waals surface area contributed by atoms with E-state index in [0.717, 1.165) is 33.3 Å². The number of aromatic nitrogens is 3. The molecule has 2 radical (unpaired) electrons. The van der Waals surface area contributed by atoms with Gasteiger partial charge >= 0.3 is 0 Å². The summed E-state index contributed by atoms with van der Waals surface area (Å²) in [5.41, 5.74) is 4.03. The Balaban J connectivity index is 1.50. The Bertz CT molecular complexity index is 1510. The van der Waals surface area contributed by atoms with E-state index in [1.54, 1.807) is 21.3 Å². The first-order valence-electron chi connectivity index (χ1n) is 13.0. The number of hydrogen-bond donors (Lipinski definition) is 1. The number of hydrogen-bond acceptors (Lipinski definition) is 5. The van der Waals surface area contributed by atoms with E-state index in [4.69, 9.17) is 19.6 Å². The molecule has 1 N–H and O–H groups in total. The fourth-order valence-corrected chi connectivity index (χ4v) is 3.93. The first-order valence-corrected chi connectivity index (χ1v) is 13.0. The summed E-state index contributed by atoms with van der Waals surface area (Å²) in [6.07, 6.45) is 0. The van der Waals surface area contributed by atoms with Gasteiger partial charge in [-0.3, -0.25) is 0 Å². The minimum atomic E-state index is -0.989. The van der Waals surface area contributed by atoms with Crippen molar-refractivity contribution in [1.29, 1.82) is 0 Å². The first-order chi connectivity index (χ1) is 18.7. The minimum Gasteiger partial charge on any atom is -0.649 e. The summed E-state index contributed by atoms with van der Waals surface area (Å²) < 4.78 is 5.97. The van der Waals surface area contributed by atoms with Gasteiger partial charge in [0.05, 0.1) is 5.60 Å². The highest BCUT2D eigenvalue weighted by atomic mass is 16.5. The second-order valence-electron chi connectivity index (χ2n) is 10.5. The lowest BCUT2D eigenvalue weighted by molar-refractivity contribution is -0.0893. The van der Waals surface area contributed by atoms with Crippen molar-refractivity contribution in [1.82, 2.24) is 15.0 Å². The normalized spacial score (nSPS) is 11.9. The summed E-state index contributed by atoms with van der Waals surface area (Å²) in [6, 6.07) is 36.3. The molecule has 1 heterocycles. The molecule has 0 bridgehead atoms. The molecular weight excluding hydrogens is 481 g/mol. The van der Waals surface area contributed by atoms with E-state index in [2.05, 4.69) is 24.3 Å². The number of nitrogens with zero attached hydrogens (tertiary/aromatic N) is 3. The molecule has 5 rings (SSSR count). The topological polar surface area (TPSA) is 68.1 Å². The van der Waals surface area contributed by atoms with Gasteiger partial charge < -0.3 is 9.76 Å². The fourth-order valence-electron chi connectivity index (χ4n) is 3.93. The molecule has 0 amide bonds. The molecule has 0 saturated carbocycles. The van der Waals surface area contributed by atoms with E-state index in [9.17, 15) is 5.11 Å². The zero-order valence-electron chi connectivity index (χ0n) is 22.7. The third-order valence-corrected chi connectivity index (χ3v) is 7.00. The minimum absolute atomic E-state index is 0.613. The van der Waals surface area contributed by atoms with Crippen LogP contribution in [0.25, 0.3) is 45.3 Å². The second kappa shape index (κ2) is 10.9. The van der Waals surface area contributed by atoms with Crippen molar-refractivity contribution >= 4 is 12.9 Å². The number of aliphatic hydroxyl groups is 1. The molecule has 6 heteroatoms. The maximum atomic E-state index is 10.4. The van der Waals surface area contributed by atoms with E-state index >= 15 is 0 Å². The van der Waals surface area contributed by atoms with Gasteiger partial charge in [0.1, 0.15) is 0 Å². The quantitative estimate of drug-likeness (QED) is 0.246. The van der Waals surface area contributed by atoms with E-state index in [0.29, 0.717) is 17.5 Å². The standard InChI is InChI=1S/C33H31BN3O2/c1-32(2,38)33(3,4)39-34-28-20-12-18-26(22-28)25-17-11-19-27(21-25)31-36-29(23-13-7-5-8-14-23)35-30(37-31)24-15-9-6-10-16-24/h5-22,38H,1-4H3/q-1. The third-order valence-electron chi connectivity index (χ3n) is 7.00. The van der Waals surface area contributed by atoms with Crippen LogP contribution in [0, 0.1) is 0 Å². The van der Waals surface area contributed by atoms with Crippen LogP contribution in [0.4, 0.5) is 0 Å². The van der Waals surface area contributed by atoms with Crippen LogP contribution in [0.1, 0.15) is 27.7 Å². The number of rotatable bonds is 8. The molecule has 0 saturated heterocycles. The Morgan fingerprint density at radius 2 is 0.974 bits per heavy atom. The Hall–Kier alpha value is -4.13. The highest BCUT2D eigenvalue weighted by Gasteiger charge is 2.31. The summed E-state index contributed by atoms with van der Waals surface area (Å²) in [4.78, 5) is 14.5. The van der Waals surface area contributed by atoms with Gasteiger partial charge in [0.15, 0.2) is 17.5 Å². The van der Waals surface area contributed by atoms with E-state index in [-0.39, 0.29) is 0 Å². The van der Waals surface area contributed by atoms with Crippen molar-refractivity contribution in [2.75, 3.05) is 0 Å². The van der Waals surface area contributed by atoms with Gasteiger partial charge in [-0.15, -0.1) is 13.5 Å². The van der Waals surface area contributed by atoms with Gasteiger partial charge in [-0.1, -0.05) is 97.1 Å². The molecule has 0 atom stereocenters. The van der Waals surface area contributed by atoms with Gasteiger partial charge in [-0.05, 0) is 44.9 Å². The van der Waals surface area contributed by atoms with Crippen LogP contribution in [0.2, 0.25) is 0 Å². The van der Waals surface area contributed by atoms with Crippen LogP contribution in [0.5, 0.6) is 0 Å². The molecule has 0 unspecified atom stereocenters. The van der Waals surface area contributed by atoms with Gasteiger partial charge in [0, 0.05) is 22.3 Å². The van der Waals surface area contributed by atoms with Gasteiger partial charge in [0.25, 0.3) is 0 Å². The molecule has 5 aromatic rings. The van der Waals surface area contributed by atoms with Crippen LogP contribution >= 0.6 is 0 Å². The van der Waals surface area contributed by atoms with Crippen molar-refractivity contribution in [3.63, 3.8) is 0 Å².